The molecule has 2 aromatic rings. The zero-order valence-electron chi connectivity index (χ0n) is 15.1. The van der Waals surface area contributed by atoms with E-state index in [1.54, 1.807) is 30.9 Å². The van der Waals surface area contributed by atoms with E-state index in [-0.39, 0.29) is 28.9 Å². The molecule has 0 fully saturated rings. The molecule has 0 unspecified atom stereocenters. The number of nitrogens with two attached hydrogens (primary N) is 1. The third-order valence-corrected chi connectivity index (χ3v) is 5.53. The number of halogens is 1. The Labute approximate surface area is 182 Å². The molecule has 0 aliphatic carbocycles. The first-order valence-corrected chi connectivity index (χ1v) is 10.8. The third kappa shape index (κ3) is 8.96. The minimum absolute atomic E-state index is 0. The van der Waals surface area contributed by atoms with E-state index >= 15 is 0 Å². The van der Waals surface area contributed by atoms with Crippen molar-refractivity contribution < 1.29 is 8.42 Å². The molecule has 0 atom stereocenters. The van der Waals surface area contributed by atoms with Crippen LogP contribution in [0.3, 0.4) is 0 Å². The van der Waals surface area contributed by atoms with E-state index < -0.39 is 10.0 Å². The number of nitrogens with one attached hydrogen (secondary N) is 2. The lowest BCUT2D eigenvalue weighted by molar-refractivity contribution is 0.598. The lowest BCUT2D eigenvalue weighted by atomic mass is 10.1. The molecule has 148 valence electrons. The summed E-state index contributed by atoms with van der Waals surface area (Å²) < 4.78 is 22.5. The number of thioether (sulfide) groups is 1. The van der Waals surface area contributed by atoms with Gasteiger partial charge in [0.15, 0.2) is 5.96 Å². The Kier molecular flexibility index (Phi) is 10.7. The zero-order valence-corrected chi connectivity index (χ0v) is 19.1. The first kappa shape index (κ1) is 23.7. The van der Waals surface area contributed by atoms with Crippen LogP contribution in [-0.4, -0.2) is 40.3 Å². The Morgan fingerprint density at radius 3 is 2.26 bits per heavy atom. The molecule has 0 heterocycles. The molecule has 2 aromatic carbocycles. The minimum Gasteiger partial charge on any atom is -0.356 e. The third-order valence-electron chi connectivity index (χ3n) is 3.59. The molecule has 0 radical (unpaired) electrons. The summed E-state index contributed by atoms with van der Waals surface area (Å²) in [4.78, 5) is 5.58. The highest BCUT2D eigenvalue weighted by Gasteiger charge is 2.06. The van der Waals surface area contributed by atoms with Gasteiger partial charge in [0.1, 0.15) is 0 Å². The lowest BCUT2D eigenvalue weighted by Gasteiger charge is -2.12. The van der Waals surface area contributed by atoms with Crippen LogP contribution in [0.25, 0.3) is 0 Å². The molecule has 6 nitrogen and oxygen atoms in total. The molecular formula is C18H25IN4O2S2. The van der Waals surface area contributed by atoms with Crippen LogP contribution in [0.4, 0.5) is 0 Å². The monoisotopic (exact) mass is 520 g/mol. The van der Waals surface area contributed by atoms with Gasteiger partial charge in [0.25, 0.3) is 0 Å². The van der Waals surface area contributed by atoms with E-state index in [1.807, 2.05) is 18.2 Å². The molecule has 0 saturated heterocycles. The molecule has 27 heavy (non-hydrogen) atoms. The average molecular weight is 520 g/mol. The maximum absolute atomic E-state index is 11.2. The van der Waals surface area contributed by atoms with E-state index in [2.05, 4.69) is 27.8 Å². The summed E-state index contributed by atoms with van der Waals surface area (Å²) in [7, 11) is -1.90. The number of primary sulfonamides is 1. The van der Waals surface area contributed by atoms with Gasteiger partial charge in [-0.1, -0.05) is 30.3 Å². The van der Waals surface area contributed by atoms with Crippen LogP contribution in [0.2, 0.25) is 0 Å². The number of hydrogen-bond acceptors (Lipinski definition) is 4. The molecule has 0 aromatic heterocycles. The van der Waals surface area contributed by atoms with Crippen molar-refractivity contribution in [2.75, 3.05) is 25.9 Å². The van der Waals surface area contributed by atoms with E-state index in [4.69, 9.17) is 5.14 Å². The van der Waals surface area contributed by atoms with Crippen LogP contribution in [-0.2, 0) is 16.4 Å². The average Bonchev–Trinajstić information content (AvgIpc) is 2.64. The summed E-state index contributed by atoms with van der Waals surface area (Å²) >= 11 is 1.79. The molecule has 0 saturated carbocycles. The predicted molar refractivity (Wildman–Crippen MR) is 123 cm³/mol. The van der Waals surface area contributed by atoms with Crippen molar-refractivity contribution in [1.82, 2.24) is 10.6 Å². The second kappa shape index (κ2) is 12.2. The Balaban J connectivity index is 0.00000364. The molecule has 0 aliphatic heterocycles. The number of guanidine groups is 1. The highest BCUT2D eigenvalue weighted by Crippen LogP contribution is 2.15. The standard InChI is InChI=1S/C18H24N4O2S2.HI/c1-20-18(22-13-14-25-16-5-3-2-4-6-16)21-12-11-15-7-9-17(10-8-15)26(19,23)24;/h2-10H,11-14H2,1H3,(H2,19,23,24)(H2,20,21,22);1H. The molecule has 0 spiro atoms. The Hall–Kier alpha value is -1.30. The summed E-state index contributed by atoms with van der Waals surface area (Å²) in [5, 5.41) is 11.6. The SMILES string of the molecule is CN=C(NCCSc1ccccc1)NCCc1ccc(S(N)(=O)=O)cc1.I. The van der Waals surface area contributed by atoms with E-state index in [0.717, 1.165) is 30.2 Å². The number of hydrogen-bond donors (Lipinski definition) is 3. The van der Waals surface area contributed by atoms with Gasteiger partial charge in [-0.05, 0) is 36.2 Å². The number of nitrogens with zero attached hydrogens (tertiary/aromatic N) is 1. The van der Waals surface area contributed by atoms with E-state index in [1.165, 1.54) is 17.0 Å². The van der Waals surface area contributed by atoms with Crippen LogP contribution in [0, 0.1) is 0 Å². The van der Waals surface area contributed by atoms with E-state index in [9.17, 15) is 8.42 Å². The van der Waals surface area contributed by atoms with Gasteiger partial charge in [0, 0.05) is 30.8 Å². The summed E-state index contributed by atoms with van der Waals surface area (Å²) in [5.41, 5.74) is 1.03. The van der Waals surface area contributed by atoms with Gasteiger partial charge in [0.05, 0.1) is 4.90 Å². The van der Waals surface area contributed by atoms with Crippen LogP contribution >= 0.6 is 35.7 Å². The Morgan fingerprint density at radius 2 is 1.67 bits per heavy atom. The molecule has 4 N–H and O–H groups in total. The number of aliphatic imine (C=N–C) groups is 1. The summed E-state index contributed by atoms with van der Waals surface area (Å²) in [6, 6.07) is 16.9. The van der Waals surface area contributed by atoms with Gasteiger partial charge in [-0.15, -0.1) is 35.7 Å². The van der Waals surface area contributed by atoms with E-state index in [0.29, 0.717) is 6.54 Å². The summed E-state index contributed by atoms with van der Waals surface area (Å²) in [6.07, 6.45) is 0.754. The fourth-order valence-electron chi connectivity index (χ4n) is 2.25. The van der Waals surface area contributed by atoms with Crippen molar-refractivity contribution in [3.05, 3.63) is 60.2 Å². The fraction of sp³-hybridized carbons (Fsp3) is 0.278. The van der Waals surface area contributed by atoms with Crippen LogP contribution in [0.5, 0.6) is 0 Å². The van der Waals surface area contributed by atoms with Crippen molar-refractivity contribution in [1.29, 1.82) is 0 Å². The number of rotatable bonds is 8. The van der Waals surface area contributed by atoms with Crippen molar-refractivity contribution >= 4 is 51.7 Å². The molecule has 0 bridgehead atoms. The highest BCUT2D eigenvalue weighted by molar-refractivity contribution is 14.0. The van der Waals surface area contributed by atoms with Gasteiger partial charge in [0.2, 0.25) is 10.0 Å². The number of sulfonamides is 1. The van der Waals surface area contributed by atoms with Crippen LogP contribution in [0.15, 0.2) is 69.4 Å². The maximum atomic E-state index is 11.2. The van der Waals surface area contributed by atoms with Gasteiger partial charge in [-0.3, -0.25) is 4.99 Å². The first-order chi connectivity index (χ1) is 12.5. The molecule has 0 aliphatic rings. The molecular weight excluding hydrogens is 495 g/mol. The minimum atomic E-state index is -3.64. The summed E-state index contributed by atoms with van der Waals surface area (Å²) in [5.74, 6) is 1.69. The largest absolute Gasteiger partial charge is 0.356 e. The van der Waals surface area contributed by atoms with Crippen molar-refractivity contribution in [2.24, 2.45) is 10.1 Å². The highest BCUT2D eigenvalue weighted by atomic mass is 127. The summed E-state index contributed by atoms with van der Waals surface area (Å²) in [6.45, 7) is 1.50. The second-order valence-corrected chi connectivity index (χ2v) is 8.26. The fourth-order valence-corrected chi connectivity index (χ4v) is 3.55. The van der Waals surface area contributed by atoms with Gasteiger partial charge < -0.3 is 10.6 Å². The zero-order chi connectivity index (χ0) is 18.8. The number of benzene rings is 2. The van der Waals surface area contributed by atoms with Crippen molar-refractivity contribution in [3.8, 4) is 0 Å². The first-order valence-electron chi connectivity index (χ1n) is 8.23. The van der Waals surface area contributed by atoms with Gasteiger partial charge in [-0.25, -0.2) is 13.6 Å². The molecule has 2 rings (SSSR count). The Bertz CT molecular complexity index is 813. The molecule has 0 amide bonds. The lowest BCUT2D eigenvalue weighted by Crippen LogP contribution is -2.39. The second-order valence-electron chi connectivity index (χ2n) is 5.53. The smallest absolute Gasteiger partial charge is 0.238 e. The van der Waals surface area contributed by atoms with Crippen molar-refractivity contribution in [3.63, 3.8) is 0 Å². The van der Waals surface area contributed by atoms with Crippen molar-refractivity contribution in [2.45, 2.75) is 16.2 Å². The van der Waals surface area contributed by atoms with Gasteiger partial charge >= 0.3 is 0 Å². The maximum Gasteiger partial charge on any atom is 0.238 e. The van der Waals surface area contributed by atoms with Crippen LogP contribution in [0.1, 0.15) is 5.56 Å². The van der Waals surface area contributed by atoms with Crippen LogP contribution < -0.4 is 15.8 Å². The van der Waals surface area contributed by atoms with Gasteiger partial charge in [-0.2, -0.15) is 0 Å². The molecule has 9 heteroatoms. The normalized spacial score (nSPS) is 11.6. The topological polar surface area (TPSA) is 96.6 Å². The Morgan fingerprint density at radius 1 is 1.04 bits per heavy atom. The predicted octanol–water partition coefficient (Wildman–Crippen LogP) is 2.45. The quantitative estimate of drug-likeness (QED) is 0.163.